The minimum absolute atomic E-state index is 0.587. The van der Waals surface area contributed by atoms with Crippen molar-refractivity contribution < 1.29 is 8.83 Å². The normalized spacial score (nSPS) is 11.7. The molecule has 0 aliphatic carbocycles. The molecule has 0 amide bonds. The highest BCUT2D eigenvalue weighted by Crippen LogP contribution is 2.43. The summed E-state index contributed by atoms with van der Waals surface area (Å²) in [4.78, 5) is 7.34. The monoisotopic (exact) mass is 628 g/mol. The largest absolute Gasteiger partial charge is 0.456 e. The van der Waals surface area contributed by atoms with Gasteiger partial charge in [-0.05, 0) is 87.9 Å². The quantitative estimate of drug-likeness (QED) is 0.178. The predicted molar refractivity (Wildman–Crippen MR) is 202 cm³/mol. The van der Waals surface area contributed by atoms with Gasteiger partial charge < -0.3 is 13.7 Å². The first-order chi connectivity index (χ1) is 24.3. The van der Waals surface area contributed by atoms with Crippen LogP contribution in [0.5, 0.6) is 0 Å². The lowest BCUT2D eigenvalue weighted by Crippen LogP contribution is -2.11. The Balaban J connectivity index is 1.10. The highest BCUT2D eigenvalue weighted by Gasteiger charge is 2.21. The Morgan fingerprint density at radius 3 is 2.02 bits per heavy atom. The second kappa shape index (κ2) is 11.0. The molecule has 4 heteroatoms. The van der Waals surface area contributed by atoms with E-state index in [1.807, 2.05) is 24.3 Å². The zero-order chi connectivity index (χ0) is 32.3. The summed E-state index contributed by atoms with van der Waals surface area (Å²) in [7, 11) is 0. The molecule has 0 spiro atoms. The van der Waals surface area contributed by atoms with Gasteiger partial charge in [0.15, 0.2) is 5.58 Å². The van der Waals surface area contributed by atoms with Crippen LogP contribution in [0, 0.1) is 0 Å². The summed E-state index contributed by atoms with van der Waals surface area (Å²) in [6.07, 6.45) is 0. The van der Waals surface area contributed by atoms with Gasteiger partial charge in [-0.25, -0.2) is 4.98 Å². The number of hydrogen-bond donors (Lipinski definition) is 0. The molecular weight excluding hydrogens is 601 g/mol. The Bertz CT molecular complexity index is 2830. The third-order valence-electron chi connectivity index (χ3n) is 9.49. The summed E-state index contributed by atoms with van der Waals surface area (Å²) >= 11 is 0. The second-order valence-corrected chi connectivity index (χ2v) is 12.4. The van der Waals surface area contributed by atoms with E-state index in [4.69, 9.17) is 13.8 Å². The van der Waals surface area contributed by atoms with E-state index in [0.29, 0.717) is 5.89 Å². The SMILES string of the molecule is c1ccc(N(c2ccc(-c3ccc4oc5ccccc5c4c3)cc2)c2ccccc2-c2nc3ccc4ccc5ccccc5c4c3o2)cc1. The number of aromatic nitrogens is 1. The van der Waals surface area contributed by atoms with Crippen molar-refractivity contribution in [2.24, 2.45) is 0 Å². The molecule has 230 valence electrons. The van der Waals surface area contributed by atoms with Crippen molar-refractivity contribution in [1.29, 1.82) is 0 Å². The third kappa shape index (κ3) is 4.49. The van der Waals surface area contributed by atoms with Crippen LogP contribution in [0.3, 0.4) is 0 Å². The maximum Gasteiger partial charge on any atom is 0.229 e. The minimum atomic E-state index is 0.587. The van der Waals surface area contributed by atoms with E-state index in [1.165, 1.54) is 5.39 Å². The summed E-state index contributed by atoms with van der Waals surface area (Å²) < 4.78 is 12.8. The summed E-state index contributed by atoms with van der Waals surface area (Å²) in [6.45, 7) is 0. The van der Waals surface area contributed by atoms with E-state index < -0.39 is 0 Å². The first-order valence-corrected chi connectivity index (χ1v) is 16.5. The molecule has 2 heterocycles. The van der Waals surface area contributed by atoms with Gasteiger partial charge in [-0.1, -0.05) is 109 Å². The topological polar surface area (TPSA) is 42.4 Å². The lowest BCUT2D eigenvalue weighted by molar-refractivity contribution is 0.623. The van der Waals surface area contributed by atoms with Gasteiger partial charge in [0.1, 0.15) is 16.7 Å². The molecule has 0 bridgehead atoms. The fourth-order valence-corrected chi connectivity index (χ4v) is 7.15. The van der Waals surface area contributed by atoms with Crippen LogP contribution in [0.15, 0.2) is 179 Å². The van der Waals surface area contributed by atoms with Crippen LogP contribution in [0.4, 0.5) is 17.1 Å². The number of hydrogen-bond acceptors (Lipinski definition) is 4. The predicted octanol–water partition coefficient (Wildman–Crippen LogP) is 12.8. The van der Waals surface area contributed by atoms with Gasteiger partial charge in [0.05, 0.1) is 11.3 Å². The van der Waals surface area contributed by atoms with Crippen LogP contribution in [-0.2, 0) is 0 Å². The van der Waals surface area contributed by atoms with Gasteiger partial charge in [0.2, 0.25) is 5.89 Å². The number of benzene rings is 8. The molecule has 4 nitrogen and oxygen atoms in total. The molecule has 0 aliphatic heterocycles. The molecule has 0 aliphatic rings. The molecule has 0 atom stereocenters. The van der Waals surface area contributed by atoms with Crippen LogP contribution < -0.4 is 4.90 Å². The van der Waals surface area contributed by atoms with E-state index in [9.17, 15) is 0 Å². The van der Waals surface area contributed by atoms with Crippen molar-refractivity contribution in [3.05, 3.63) is 170 Å². The Kier molecular flexibility index (Phi) is 6.15. The molecule has 0 saturated carbocycles. The summed E-state index contributed by atoms with van der Waals surface area (Å²) in [5, 5.41) is 6.81. The second-order valence-electron chi connectivity index (χ2n) is 12.4. The average Bonchev–Trinajstić information content (AvgIpc) is 3.77. The molecular formula is C45H28N2O2. The lowest BCUT2D eigenvalue weighted by atomic mass is 10.0. The Morgan fingerprint density at radius 2 is 1.12 bits per heavy atom. The van der Waals surface area contributed by atoms with Crippen LogP contribution >= 0.6 is 0 Å². The molecule has 0 fully saturated rings. The van der Waals surface area contributed by atoms with Gasteiger partial charge >= 0.3 is 0 Å². The number of oxazole rings is 1. The van der Waals surface area contributed by atoms with Gasteiger partial charge in [0, 0.05) is 27.5 Å². The number of rotatable bonds is 5. The van der Waals surface area contributed by atoms with Crippen molar-refractivity contribution in [3.8, 4) is 22.6 Å². The van der Waals surface area contributed by atoms with Gasteiger partial charge in [-0.2, -0.15) is 0 Å². The molecule has 0 unspecified atom stereocenters. The number of fused-ring (bicyclic) bond motifs is 8. The summed E-state index contributed by atoms with van der Waals surface area (Å²) in [6, 6.07) is 59.1. The molecule has 2 aromatic heterocycles. The maximum atomic E-state index is 6.73. The van der Waals surface area contributed by atoms with E-state index in [1.54, 1.807) is 0 Å². The van der Waals surface area contributed by atoms with Crippen LogP contribution in [0.2, 0.25) is 0 Å². The number of anilines is 3. The fourth-order valence-electron chi connectivity index (χ4n) is 7.15. The first-order valence-electron chi connectivity index (χ1n) is 16.5. The van der Waals surface area contributed by atoms with Crippen LogP contribution in [-0.4, -0.2) is 4.98 Å². The van der Waals surface area contributed by atoms with Crippen molar-refractivity contribution in [2.75, 3.05) is 4.90 Å². The van der Waals surface area contributed by atoms with E-state index in [2.05, 4.69) is 150 Å². The smallest absolute Gasteiger partial charge is 0.229 e. The zero-order valence-electron chi connectivity index (χ0n) is 26.4. The standard InChI is InChI=1S/C45H28N2O2/c1-2-11-33(12-3-1)47(34-24-20-29(21-25-34)32-23-27-42-38(28-32)36-14-7-9-17-41(36)48-42)40-16-8-6-15-37(40)45-46-39-26-22-31-19-18-30-10-4-5-13-35(30)43(31)44(39)49-45/h1-28H. The van der Waals surface area contributed by atoms with Crippen LogP contribution in [0.25, 0.3) is 77.2 Å². The fraction of sp³-hybridized carbons (Fsp3) is 0. The van der Waals surface area contributed by atoms with Gasteiger partial charge in [0.25, 0.3) is 0 Å². The average molecular weight is 629 g/mol. The Morgan fingerprint density at radius 1 is 0.449 bits per heavy atom. The van der Waals surface area contributed by atoms with Gasteiger partial charge in [-0.3, -0.25) is 0 Å². The summed E-state index contributed by atoms with van der Waals surface area (Å²) in [5.41, 5.74) is 9.69. The molecule has 49 heavy (non-hydrogen) atoms. The Labute approximate surface area is 282 Å². The molecule has 0 N–H and O–H groups in total. The Hall–Kier alpha value is -6.65. The minimum Gasteiger partial charge on any atom is -0.456 e. The van der Waals surface area contributed by atoms with E-state index >= 15 is 0 Å². The molecule has 0 radical (unpaired) electrons. The highest BCUT2D eigenvalue weighted by atomic mass is 16.3. The maximum absolute atomic E-state index is 6.73. The van der Waals surface area contributed by atoms with Crippen LogP contribution in [0.1, 0.15) is 0 Å². The third-order valence-corrected chi connectivity index (χ3v) is 9.49. The van der Waals surface area contributed by atoms with Crippen molar-refractivity contribution in [1.82, 2.24) is 4.98 Å². The molecule has 10 rings (SSSR count). The first kappa shape index (κ1) is 27.5. The molecule has 10 aromatic rings. The zero-order valence-corrected chi connectivity index (χ0v) is 26.4. The summed E-state index contributed by atoms with van der Waals surface area (Å²) in [5.74, 6) is 0.587. The highest BCUT2D eigenvalue weighted by molar-refractivity contribution is 6.18. The number of para-hydroxylation sites is 3. The molecule has 8 aromatic carbocycles. The van der Waals surface area contributed by atoms with Crippen molar-refractivity contribution in [2.45, 2.75) is 0 Å². The molecule has 0 saturated heterocycles. The van der Waals surface area contributed by atoms with Crippen molar-refractivity contribution >= 4 is 71.6 Å². The van der Waals surface area contributed by atoms with E-state index in [0.717, 1.165) is 82.9 Å². The van der Waals surface area contributed by atoms with E-state index in [-0.39, 0.29) is 0 Å². The van der Waals surface area contributed by atoms with Crippen molar-refractivity contribution in [3.63, 3.8) is 0 Å². The number of nitrogens with zero attached hydrogens (tertiary/aromatic N) is 2. The lowest BCUT2D eigenvalue weighted by Gasteiger charge is -2.27. The van der Waals surface area contributed by atoms with Gasteiger partial charge in [-0.15, -0.1) is 0 Å². The number of furan rings is 1.